The van der Waals surface area contributed by atoms with Crippen LogP contribution in [0, 0.1) is 0 Å². The molecular formula is C31H23NO2. The summed E-state index contributed by atoms with van der Waals surface area (Å²) >= 11 is 0. The summed E-state index contributed by atoms with van der Waals surface area (Å²) < 4.78 is 5.37. The molecule has 0 aliphatic carbocycles. The molecule has 0 aliphatic heterocycles. The van der Waals surface area contributed by atoms with E-state index in [1.807, 2.05) is 121 Å². The van der Waals surface area contributed by atoms with Crippen molar-refractivity contribution < 1.29 is 9.53 Å². The first-order valence-electron chi connectivity index (χ1n) is 11.1. The molecule has 5 aromatic rings. The van der Waals surface area contributed by atoms with Gasteiger partial charge in [0.2, 0.25) is 0 Å². The Labute approximate surface area is 199 Å². The van der Waals surface area contributed by atoms with E-state index in [0.29, 0.717) is 16.8 Å². The number of hydrogen-bond acceptors (Lipinski definition) is 3. The molecule has 0 fully saturated rings. The Kier molecular flexibility index (Phi) is 6.00. The standard InChI is InChI=1S/C31H23NO2/c1-34-26-19-16-24(17-20-26)29(23-11-4-2-5-12-23)30(31(33)25-13-6-3-7-14-25)28-21-18-22-10-8-9-15-27(22)32-28/h2-21H,1H3/b30-29+. The predicted molar refractivity (Wildman–Crippen MR) is 138 cm³/mol. The molecule has 0 aliphatic rings. The average Bonchev–Trinajstić information content (AvgIpc) is 2.92. The molecule has 0 unspecified atom stereocenters. The first-order chi connectivity index (χ1) is 16.7. The lowest BCUT2D eigenvalue weighted by atomic mass is 9.87. The van der Waals surface area contributed by atoms with Gasteiger partial charge in [0.15, 0.2) is 5.78 Å². The van der Waals surface area contributed by atoms with Gasteiger partial charge in [0.25, 0.3) is 0 Å². The zero-order valence-corrected chi connectivity index (χ0v) is 18.8. The van der Waals surface area contributed by atoms with Gasteiger partial charge in [0.05, 0.1) is 23.9 Å². The number of nitrogens with zero attached hydrogens (tertiary/aromatic N) is 1. The van der Waals surface area contributed by atoms with Crippen molar-refractivity contribution in [3.63, 3.8) is 0 Å². The molecule has 5 rings (SSSR count). The minimum absolute atomic E-state index is 0.0712. The highest BCUT2D eigenvalue weighted by atomic mass is 16.5. The number of aromatic nitrogens is 1. The monoisotopic (exact) mass is 441 g/mol. The van der Waals surface area contributed by atoms with Crippen LogP contribution in [-0.4, -0.2) is 17.9 Å². The van der Waals surface area contributed by atoms with Crippen LogP contribution >= 0.6 is 0 Å². The lowest BCUT2D eigenvalue weighted by Crippen LogP contribution is -2.08. The minimum Gasteiger partial charge on any atom is -0.497 e. The van der Waals surface area contributed by atoms with E-state index < -0.39 is 0 Å². The number of carbonyl (C=O) groups is 1. The fourth-order valence-electron chi connectivity index (χ4n) is 4.11. The summed E-state index contributed by atoms with van der Waals surface area (Å²) in [6.07, 6.45) is 0. The highest BCUT2D eigenvalue weighted by Gasteiger charge is 2.23. The van der Waals surface area contributed by atoms with Crippen LogP contribution in [0.5, 0.6) is 5.75 Å². The summed E-state index contributed by atoms with van der Waals surface area (Å²) in [5.41, 5.74) is 5.37. The van der Waals surface area contributed by atoms with Gasteiger partial charge in [-0.15, -0.1) is 0 Å². The van der Waals surface area contributed by atoms with E-state index in [0.717, 1.165) is 33.4 Å². The lowest BCUT2D eigenvalue weighted by Gasteiger charge is -2.17. The molecule has 0 saturated heterocycles. The number of hydrogen-bond donors (Lipinski definition) is 0. The summed E-state index contributed by atoms with van der Waals surface area (Å²) in [4.78, 5) is 19.0. The first-order valence-corrected chi connectivity index (χ1v) is 11.1. The lowest BCUT2D eigenvalue weighted by molar-refractivity contribution is 0.105. The van der Waals surface area contributed by atoms with Crippen LogP contribution in [-0.2, 0) is 0 Å². The molecule has 3 nitrogen and oxygen atoms in total. The van der Waals surface area contributed by atoms with Crippen LogP contribution in [0.15, 0.2) is 121 Å². The van der Waals surface area contributed by atoms with Gasteiger partial charge in [0, 0.05) is 16.5 Å². The SMILES string of the molecule is COc1ccc(/C(=C(/C(=O)c2ccccc2)c2ccc3ccccc3n2)c2ccccc2)cc1. The van der Waals surface area contributed by atoms with E-state index >= 15 is 0 Å². The third-order valence-electron chi connectivity index (χ3n) is 5.81. The zero-order valence-electron chi connectivity index (χ0n) is 18.8. The first kappa shape index (κ1) is 21.4. The third kappa shape index (κ3) is 4.24. The molecule has 34 heavy (non-hydrogen) atoms. The molecule has 0 N–H and O–H groups in total. The zero-order chi connectivity index (χ0) is 23.3. The van der Waals surface area contributed by atoms with Crippen LogP contribution < -0.4 is 4.74 Å². The number of fused-ring (bicyclic) bond motifs is 1. The third-order valence-corrected chi connectivity index (χ3v) is 5.81. The summed E-state index contributed by atoms with van der Waals surface area (Å²) in [5.74, 6) is 0.689. The number of rotatable bonds is 6. The number of para-hydroxylation sites is 1. The molecule has 1 aromatic heterocycles. The van der Waals surface area contributed by atoms with Crippen molar-refractivity contribution in [2.75, 3.05) is 7.11 Å². The highest BCUT2D eigenvalue weighted by molar-refractivity contribution is 6.35. The predicted octanol–water partition coefficient (Wildman–Crippen LogP) is 7.09. The van der Waals surface area contributed by atoms with E-state index in [1.54, 1.807) is 7.11 Å². The fourth-order valence-corrected chi connectivity index (χ4v) is 4.11. The molecule has 164 valence electrons. The summed E-state index contributed by atoms with van der Waals surface area (Å²) in [5, 5.41) is 1.03. The van der Waals surface area contributed by atoms with E-state index in [-0.39, 0.29) is 5.78 Å². The summed E-state index contributed by atoms with van der Waals surface area (Å²) in [6, 6.07) is 39.1. The number of ether oxygens (including phenoxy) is 1. The van der Waals surface area contributed by atoms with Gasteiger partial charge >= 0.3 is 0 Å². The van der Waals surface area contributed by atoms with Crippen molar-refractivity contribution in [3.05, 3.63) is 144 Å². The largest absolute Gasteiger partial charge is 0.497 e. The average molecular weight is 442 g/mol. The van der Waals surface area contributed by atoms with Gasteiger partial charge in [-0.05, 0) is 35.4 Å². The maximum Gasteiger partial charge on any atom is 0.195 e. The van der Waals surface area contributed by atoms with Crippen molar-refractivity contribution in [3.8, 4) is 5.75 Å². The Morgan fingerprint density at radius 2 is 1.21 bits per heavy atom. The van der Waals surface area contributed by atoms with Crippen molar-refractivity contribution in [2.24, 2.45) is 0 Å². The Morgan fingerprint density at radius 1 is 0.618 bits per heavy atom. The summed E-state index contributed by atoms with van der Waals surface area (Å²) in [7, 11) is 1.65. The molecule has 0 bridgehead atoms. The Morgan fingerprint density at radius 3 is 1.88 bits per heavy atom. The molecule has 0 atom stereocenters. The van der Waals surface area contributed by atoms with Crippen molar-refractivity contribution >= 4 is 27.8 Å². The maximum absolute atomic E-state index is 14.1. The van der Waals surface area contributed by atoms with E-state index in [9.17, 15) is 4.79 Å². The maximum atomic E-state index is 14.1. The van der Waals surface area contributed by atoms with Crippen LogP contribution in [0.4, 0.5) is 0 Å². The quantitative estimate of drug-likeness (QED) is 0.209. The molecule has 0 amide bonds. The Balaban J connectivity index is 1.84. The number of pyridine rings is 1. The van der Waals surface area contributed by atoms with Gasteiger partial charge in [-0.1, -0.05) is 97.1 Å². The Hall–Kier alpha value is -4.50. The van der Waals surface area contributed by atoms with Crippen LogP contribution in [0.2, 0.25) is 0 Å². The molecule has 3 heteroatoms. The van der Waals surface area contributed by atoms with Crippen LogP contribution in [0.1, 0.15) is 27.2 Å². The molecular weight excluding hydrogens is 418 g/mol. The minimum atomic E-state index is -0.0712. The van der Waals surface area contributed by atoms with E-state index in [2.05, 4.69) is 0 Å². The van der Waals surface area contributed by atoms with Gasteiger partial charge in [-0.25, -0.2) is 4.98 Å². The molecule has 4 aromatic carbocycles. The number of allylic oxidation sites excluding steroid dienone is 1. The van der Waals surface area contributed by atoms with E-state index in [4.69, 9.17) is 9.72 Å². The number of carbonyl (C=O) groups excluding carboxylic acids is 1. The van der Waals surface area contributed by atoms with Crippen LogP contribution in [0.25, 0.3) is 22.0 Å². The van der Waals surface area contributed by atoms with Gasteiger partial charge < -0.3 is 4.74 Å². The number of ketones is 1. The van der Waals surface area contributed by atoms with Crippen molar-refractivity contribution in [1.82, 2.24) is 4.98 Å². The van der Waals surface area contributed by atoms with Gasteiger partial charge in [-0.3, -0.25) is 4.79 Å². The number of benzene rings is 4. The number of methoxy groups -OCH3 is 1. The second-order valence-corrected chi connectivity index (χ2v) is 7.93. The molecule has 0 spiro atoms. The fraction of sp³-hybridized carbons (Fsp3) is 0.0323. The van der Waals surface area contributed by atoms with Crippen LogP contribution in [0.3, 0.4) is 0 Å². The second-order valence-electron chi connectivity index (χ2n) is 7.93. The normalized spacial score (nSPS) is 11.7. The molecule has 0 radical (unpaired) electrons. The smallest absolute Gasteiger partial charge is 0.195 e. The van der Waals surface area contributed by atoms with Crippen molar-refractivity contribution in [1.29, 1.82) is 0 Å². The second kappa shape index (κ2) is 9.55. The van der Waals surface area contributed by atoms with Crippen molar-refractivity contribution in [2.45, 2.75) is 0 Å². The molecule has 1 heterocycles. The highest BCUT2D eigenvalue weighted by Crippen LogP contribution is 2.35. The summed E-state index contributed by atoms with van der Waals surface area (Å²) in [6.45, 7) is 0. The topological polar surface area (TPSA) is 39.2 Å². The number of Topliss-reactive ketones (excluding diaryl/α,β-unsaturated/α-hetero) is 1. The van der Waals surface area contributed by atoms with E-state index in [1.165, 1.54) is 0 Å². The van der Waals surface area contributed by atoms with Gasteiger partial charge in [0.1, 0.15) is 5.75 Å². The Bertz CT molecular complexity index is 1470. The molecule has 0 saturated carbocycles. The van der Waals surface area contributed by atoms with Gasteiger partial charge in [-0.2, -0.15) is 0 Å².